The summed E-state index contributed by atoms with van der Waals surface area (Å²) in [5.41, 5.74) is 4.28. The van der Waals surface area contributed by atoms with Crippen molar-refractivity contribution in [2.75, 3.05) is 6.79 Å². The molecule has 6 rings (SSSR count). The molecule has 4 nitrogen and oxygen atoms in total. The molecule has 4 aliphatic carbocycles. The third-order valence-electron chi connectivity index (χ3n) is 9.06. The van der Waals surface area contributed by atoms with Gasteiger partial charge in [0, 0.05) is 17.8 Å². The van der Waals surface area contributed by atoms with Crippen molar-refractivity contribution in [3.05, 3.63) is 46.6 Å². The van der Waals surface area contributed by atoms with Gasteiger partial charge in [-0.05, 0) is 92.2 Å². The van der Waals surface area contributed by atoms with Gasteiger partial charge < -0.3 is 14.6 Å². The van der Waals surface area contributed by atoms with Crippen LogP contribution in [-0.2, 0) is 4.79 Å². The van der Waals surface area contributed by atoms with E-state index in [-0.39, 0.29) is 23.9 Å². The number of ketones is 1. The third-order valence-corrected chi connectivity index (χ3v) is 9.06. The largest absolute Gasteiger partial charge is 0.454 e. The molecule has 2 fully saturated rings. The van der Waals surface area contributed by atoms with Crippen molar-refractivity contribution < 1.29 is 19.4 Å². The number of benzene rings is 1. The first kappa shape index (κ1) is 20.1. The number of carbonyl (C=O) groups is 1. The van der Waals surface area contributed by atoms with Crippen molar-refractivity contribution in [2.45, 2.75) is 70.3 Å². The van der Waals surface area contributed by atoms with Crippen LogP contribution >= 0.6 is 0 Å². The number of rotatable bonds is 1. The first-order valence-corrected chi connectivity index (χ1v) is 12.0. The van der Waals surface area contributed by atoms with Crippen molar-refractivity contribution in [2.24, 2.45) is 17.3 Å². The number of allylic oxidation sites excluding steroid dienone is 4. The van der Waals surface area contributed by atoms with Gasteiger partial charge in [-0.15, -0.1) is 5.92 Å². The molecule has 5 atom stereocenters. The van der Waals surface area contributed by atoms with Crippen LogP contribution in [0.2, 0.25) is 0 Å². The number of carbonyl (C=O) groups excluding carboxylic acids is 1. The molecule has 1 aromatic rings. The van der Waals surface area contributed by atoms with Gasteiger partial charge in [-0.3, -0.25) is 4.79 Å². The van der Waals surface area contributed by atoms with Crippen molar-refractivity contribution in [3.63, 3.8) is 0 Å². The molecule has 0 bridgehead atoms. The molecule has 0 saturated heterocycles. The Bertz CT molecular complexity index is 1130. The van der Waals surface area contributed by atoms with E-state index in [9.17, 15) is 9.90 Å². The van der Waals surface area contributed by atoms with Crippen molar-refractivity contribution >= 4 is 5.78 Å². The molecule has 5 aliphatic rings. The second-order valence-electron chi connectivity index (χ2n) is 10.4. The lowest BCUT2D eigenvalue weighted by atomic mass is 9.54. The maximum absolute atomic E-state index is 12.7. The monoisotopic (exact) mass is 430 g/mol. The molecule has 0 spiro atoms. The summed E-state index contributed by atoms with van der Waals surface area (Å²) in [6, 6.07) is 6.15. The van der Waals surface area contributed by atoms with Crippen LogP contribution in [0.3, 0.4) is 0 Å². The predicted octanol–water partition coefficient (Wildman–Crippen LogP) is 5.07. The van der Waals surface area contributed by atoms with Crippen LogP contribution in [0.5, 0.6) is 11.5 Å². The van der Waals surface area contributed by atoms with E-state index in [1.54, 1.807) is 0 Å². The first-order valence-electron chi connectivity index (χ1n) is 12.0. The highest BCUT2D eigenvalue weighted by atomic mass is 16.7. The lowest BCUT2D eigenvalue weighted by Gasteiger charge is -2.51. The fourth-order valence-corrected chi connectivity index (χ4v) is 7.48. The van der Waals surface area contributed by atoms with Crippen LogP contribution < -0.4 is 9.47 Å². The maximum atomic E-state index is 12.7. The zero-order valence-corrected chi connectivity index (χ0v) is 18.9. The van der Waals surface area contributed by atoms with E-state index in [0.29, 0.717) is 18.3 Å². The van der Waals surface area contributed by atoms with Crippen LogP contribution in [0.15, 0.2) is 41.0 Å². The van der Waals surface area contributed by atoms with E-state index in [2.05, 4.69) is 30.9 Å². The third kappa shape index (κ3) is 2.70. The van der Waals surface area contributed by atoms with Gasteiger partial charge in [0.15, 0.2) is 17.3 Å². The summed E-state index contributed by atoms with van der Waals surface area (Å²) in [5, 5.41) is 11.5. The topological polar surface area (TPSA) is 55.8 Å². The van der Waals surface area contributed by atoms with Gasteiger partial charge in [0.1, 0.15) is 5.60 Å². The van der Waals surface area contributed by atoms with Gasteiger partial charge >= 0.3 is 0 Å². The summed E-state index contributed by atoms with van der Waals surface area (Å²) < 4.78 is 11.1. The zero-order chi connectivity index (χ0) is 22.1. The molecule has 1 heterocycles. The molecule has 4 heteroatoms. The summed E-state index contributed by atoms with van der Waals surface area (Å²) in [6.45, 7) is 4.35. The van der Waals surface area contributed by atoms with Crippen LogP contribution in [-0.4, -0.2) is 23.3 Å². The standard InChI is InChI=1S/C28H30O4/c1-3-10-28(30)12-9-23-20-6-4-18-13-19(29)15-22(26(18)21(20)8-11-27(23,28)2)17-5-7-24-25(14-17)32-16-31-24/h5,7,13-14,20,22-23,30H,4,6,8-9,11-12,15-16H2,1-2H3/t20-,22?,23+,27+,28+/m1/s1. The molecule has 32 heavy (non-hydrogen) atoms. The fourth-order valence-electron chi connectivity index (χ4n) is 7.48. The number of hydrogen-bond acceptors (Lipinski definition) is 4. The summed E-state index contributed by atoms with van der Waals surface area (Å²) >= 11 is 0. The van der Waals surface area contributed by atoms with E-state index >= 15 is 0 Å². The van der Waals surface area contributed by atoms with Gasteiger partial charge in [-0.2, -0.15) is 0 Å². The average molecular weight is 431 g/mol. The molecule has 0 amide bonds. The SMILES string of the molecule is CC#C[C@]1(O)CC[C@H]2[C@@H]3CCC4=CC(=O)CC(c5ccc6c(c5)OCO6)C4=C3CC[C@@]21C. The minimum atomic E-state index is -0.877. The van der Waals surface area contributed by atoms with Crippen LogP contribution in [0.25, 0.3) is 0 Å². The highest BCUT2D eigenvalue weighted by molar-refractivity contribution is 5.94. The van der Waals surface area contributed by atoms with Crippen molar-refractivity contribution in [1.29, 1.82) is 0 Å². The molecule has 1 unspecified atom stereocenters. The highest BCUT2D eigenvalue weighted by Crippen LogP contribution is 2.64. The Morgan fingerprint density at radius 1 is 1.12 bits per heavy atom. The Labute approximate surface area is 189 Å². The van der Waals surface area contributed by atoms with Gasteiger partial charge in [-0.1, -0.05) is 24.5 Å². The Hall–Kier alpha value is -2.51. The summed E-state index contributed by atoms with van der Waals surface area (Å²) in [5.74, 6) is 8.96. The van der Waals surface area contributed by atoms with Gasteiger partial charge in [0.25, 0.3) is 0 Å². The summed E-state index contributed by atoms with van der Waals surface area (Å²) in [7, 11) is 0. The van der Waals surface area contributed by atoms with Crippen LogP contribution in [0, 0.1) is 29.1 Å². The molecule has 0 radical (unpaired) electrons. The summed E-state index contributed by atoms with van der Waals surface area (Å²) in [4.78, 5) is 12.7. The first-order chi connectivity index (χ1) is 15.4. The van der Waals surface area contributed by atoms with Gasteiger partial charge in [0.05, 0.1) is 0 Å². The highest BCUT2D eigenvalue weighted by Gasteiger charge is 2.60. The van der Waals surface area contributed by atoms with E-state index in [1.807, 2.05) is 19.1 Å². The number of ether oxygens (including phenoxy) is 2. The maximum Gasteiger partial charge on any atom is 0.231 e. The molecule has 0 aromatic heterocycles. The Kier molecular flexibility index (Phi) is 4.40. The molecule has 1 N–H and O–H groups in total. The molecule has 1 aromatic carbocycles. The van der Waals surface area contributed by atoms with Crippen LogP contribution in [0.4, 0.5) is 0 Å². The number of hydrogen-bond donors (Lipinski definition) is 1. The quantitative estimate of drug-likeness (QED) is 0.632. The smallest absolute Gasteiger partial charge is 0.231 e. The second kappa shape index (κ2) is 6.99. The predicted molar refractivity (Wildman–Crippen MR) is 121 cm³/mol. The Balaban J connectivity index is 1.44. The second-order valence-corrected chi connectivity index (χ2v) is 10.4. The van der Waals surface area contributed by atoms with E-state index < -0.39 is 5.60 Å². The molecular formula is C28H30O4. The van der Waals surface area contributed by atoms with Crippen molar-refractivity contribution in [3.8, 4) is 23.3 Å². The lowest BCUT2D eigenvalue weighted by Crippen LogP contribution is -2.49. The lowest BCUT2D eigenvalue weighted by molar-refractivity contribution is -0.115. The molecular weight excluding hydrogens is 400 g/mol. The molecule has 166 valence electrons. The number of aliphatic hydroxyl groups is 1. The zero-order valence-electron chi connectivity index (χ0n) is 18.9. The van der Waals surface area contributed by atoms with E-state index in [4.69, 9.17) is 9.47 Å². The Morgan fingerprint density at radius 3 is 2.81 bits per heavy atom. The normalized spacial score (nSPS) is 37.2. The van der Waals surface area contributed by atoms with Gasteiger partial charge in [0.2, 0.25) is 6.79 Å². The Morgan fingerprint density at radius 2 is 1.97 bits per heavy atom. The summed E-state index contributed by atoms with van der Waals surface area (Å²) in [6.07, 6.45) is 8.16. The van der Waals surface area contributed by atoms with E-state index in [0.717, 1.165) is 55.6 Å². The van der Waals surface area contributed by atoms with E-state index in [1.165, 1.54) is 16.7 Å². The van der Waals surface area contributed by atoms with Crippen LogP contribution in [0.1, 0.15) is 70.3 Å². The average Bonchev–Trinajstić information content (AvgIpc) is 3.35. The number of fused-ring (bicyclic) bond motifs is 5. The van der Waals surface area contributed by atoms with Crippen molar-refractivity contribution in [1.82, 2.24) is 0 Å². The van der Waals surface area contributed by atoms with Gasteiger partial charge in [-0.25, -0.2) is 0 Å². The minimum Gasteiger partial charge on any atom is -0.454 e. The minimum absolute atomic E-state index is 0.0786. The fraction of sp³-hybridized carbons (Fsp3) is 0.536. The molecule has 1 aliphatic heterocycles. The molecule has 2 saturated carbocycles.